The van der Waals surface area contributed by atoms with E-state index in [1.165, 1.54) is 38.2 Å². The Balaban J connectivity index is 4.19. The summed E-state index contributed by atoms with van der Waals surface area (Å²) in [6.07, 6.45) is 33.8. The molecule has 0 saturated carbocycles. The molecule has 0 aromatic carbocycles. The van der Waals surface area contributed by atoms with Gasteiger partial charge in [0.2, 0.25) is 5.91 Å². The van der Waals surface area contributed by atoms with E-state index in [2.05, 4.69) is 55.6 Å². The van der Waals surface area contributed by atoms with Crippen LogP contribution in [-0.2, 0) is 14.9 Å². The van der Waals surface area contributed by atoms with Gasteiger partial charge in [0.05, 0.1) is 17.9 Å². The lowest BCUT2D eigenvalue weighted by Gasteiger charge is -2.21. The molecule has 0 spiro atoms. The molecular weight excluding hydrogens is 510 g/mol. The van der Waals surface area contributed by atoms with Crippen LogP contribution in [0.1, 0.15) is 129 Å². The van der Waals surface area contributed by atoms with Crippen molar-refractivity contribution in [3.8, 4) is 0 Å². The number of carbonyl (C=O) groups excluding carboxylic acids is 1. The minimum absolute atomic E-state index is 0.272. The van der Waals surface area contributed by atoms with E-state index in [9.17, 15) is 22.9 Å². The van der Waals surface area contributed by atoms with E-state index in [0.717, 1.165) is 64.2 Å². The van der Waals surface area contributed by atoms with Crippen LogP contribution >= 0.6 is 0 Å². The summed E-state index contributed by atoms with van der Waals surface area (Å²) in [5, 5.41) is 13.0. The van der Waals surface area contributed by atoms with E-state index >= 15 is 0 Å². The van der Waals surface area contributed by atoms with Gasteiger partial charge in [-0.2, -0.15) is 8.42 Å². The molecule has 226 valence electrons. The van der Waals surface area contributed by atoms with Crippen molar-refractivity contribution < 1.29 is 22.9 Å². The lowest BCUT2D eigenvalue weighted by Crippen LogP contribution is -2.46. The first kappa shape index (κ1) is 37.3. The Bertz CT molecular complexity index is 801. The summed E-state index contributed by atoms with van der Waals surface area (Å²) < 4.78 is 32.1. The van der Waals surface area contributed by atoms with Crippen LogP contribution in [0.4, 0.5) is 0 Å². The summed E-state index contributed by atoms with van der Waals surface area (Å²) in [6, 6.07) is -1.08. The van der Waals surface area contributed by atoms with E-state index in [4.69, 9.17) is 0 Å². The van der Waals surface area contributed by atoms with Gasteiger partial charge in [-0.25, -0.2) is 0 Å². The highest BCUT2D eigenvalue weighted by atomic mass is 32.2. The molecule has 0 aliphatic carbocycles. The third kappa shape index (κ3) is 27.7. The second-order valence-electron chi connectivity index (χ2n) is 10.4. The van der Waals surface area contributed by atoms with Crippen LogP contribution in [-0.4, -0.2) is 41.9 Å². The van der Waals surface area contributed by atoms with Gasteiger partial charge in [0.15, 0.2) is 0 Å². The SMILES string of the molecule is CCC/C=C/CC/C=C/CC/C=C/C(O)C(CS(=O)(=O)O)NC(=O)CCCCCCC/C=C\CCCCCC. The third-order valence-corrected chi connectivity index (χ3v) is 7.22. The van der Waals surface area contributed by atoms with Crippen molar-refractivity contribution in [1.82, 2.24) is 5.32 Å². The highest BCUT2D eigenvalue weighted by Crippen LogP contribution is 2.10. The summed E-state index contributed by atoms with van der Waals surface area (Å²) >= 11 is 0. The number of hydrogen-bond donors (Lipinski definition) is 3. The molecule has 0 aliphatic heterocycles. The smallest absolute Gasteiger partial charge is 0.267 e. The average molecular weight is 568 g/mol. The standard InChI is InChI=1S/C32H57NO5S/c1-3-5-7-9-11-13-15-16-18-20-22-24-26-28-32(35)33-30(29-39(36,37)38)31(34)27-25-23-21-19-17-14-12-10-8-6-4-2/h8,10,13,15,17,19,25,27,30-31,34H,3-7,9,11-12,14,16,18,20-24,26,28-29H2,1-2H3,(H,33,35)(H,36,37,38)/b10-8+,15-13-,19-17+,27-25+. The molecule has 1 amide bonds. The Morgan fingerprint density at radius 3 is 1.72 bits per heavy atom. The van der Waals surface area contributed by atoms with Gasteiger partial charge < -0.3 is 10.4 Å². The predicted molar refractivity (Wildman–Crippen MR) is 165 cm³/mol. The van der Waals surface area contributed by atoms with Crippen molar-refractivity contribution in [3.05, 3.63) is 48.6 Å². The number of carbonyl (C=O) groups is 1. The second kappa shape index (κ2) is 26.5. The van der Waals surface area contributed by atoms with Crippen molar-refractivity contribution in [2.45, 2.75) is 142 Å². The number of nitrogens with one attached hydrogen (secondary N) is 1. The molecule has 6 nitrogen and oxygen atoms in total. The van der Waals surface area contributed by atoms with Gasteiger partial charge in [0.1, 0.15) is 0 Å². The zero-order valence-corrected chi connectivity index (χ0v) is 25.6. The monoisotopic (exact) mass is 567 g/mol. The topological polar surface area (TPSA) is 104 Å². The number of rotatable bonds is 26. The molecule has 0 radical (unpaired) electrons. The molecule has 2 atom stereocenters. The Hall–Kier alpha value is -1.70. The normalized spacial score (nSPS) is 14.3. The van der Waals surface area contributed by atoms with E-state index < -0.39 is 28.0 Å². The quantitative estimate of drug-likeness (QED) is 0.0558. The molecule has 0 fully saturated rings. The van der Waals surface area contributed by atoms with E-state index in [0.29, 0.717) is 12.8 Å². The van der Waals surface area contributed by atoms with Crippen LogP contribution in [0.25, 0.3) is 0 Å². The van der Waals surface area contributed by atoms with Crippen molar-refractivity contribution in [1.29, 1.82) is 0 Å². The van der Waals surface area contributed by atoms with Gasteiger partial charge >= 0.3 is 0 Å². The zero-order valence-electron chi connectivity index (χ0n) is 24.7. The molecule has 0 rings (SSSR count). The van der Waals surface area contributed by atoms with Crippen LogP contribution in [0, 0.1) is 0 Å². The van der Waals surface area contributed by atoms with Gasteiger partial charge in [-0.05, 0) is 64.2 Å². The first-order valence-corrected chi connectivity index (χ1v) is 16.9. The maximum Gasteiger partial charge on any atom is 0.267 e. The van der Waals surface area contributed by atoms with Gasteiger partial charge in [0.25, 0.3) is 10.1 Å². The second-order valence-corrected chi connectivity index (χ2v) is 11.9. The van der Waals surface area contributed by atoms with Crippen LogP contribution in [0.5, 0.6) is 0 Å². The van der Waals surface area contributed by atoms with Crippen molar-refractivity contribution >= 4 is 16.0 Å². The third-order valence-electron chi connectivity index (χ3n) is 6.44. The van der Waals surface area contributed by atoms with Crippen LogP contribution in [0.15, 0.2) is 48.6 Å². The number of hydrogen-bond acceptors (Lipinski definition) is 4. The van der Waals surface area contributed by atoms with Crippen LogP contribution in [0.3, 0.4) is 0 Å². The molecule has 0 heterocycles. The fraction of sp³-hybridized carbons (Fsp3) is 0.719. The van der Waals surface area contributed by atoms with Crippen molar-refractivity contribution in [2.75, 3.05) is 5.75 Å². The summed E-state index contributed by atoms with van der Waals surface area (Å²) in [5.41, 5.74) is 0. The average Bonchev–Trinajstić information content (AvgIpc) is 2.88. The van der Waals surface area contributed by atoms with E-state index in [-0.39, 0.29) is 12.3 Å². The number of unbranched alkanes of at least 4 members (excludes halogenated alkanes) is 12. The lowest BCUT2D eigenvalue weighted by atomic mass is 10.1. The Morgan fingerprint density at radius 1 is 0.667 bits per heavy atom. The first-order valence-electron chi connectivity index (χ1n) is 15.3. The maximum atomic E-state index is 12.4. The van der Waals surface area contributed by atoms with E-state index in [1.54, 1.807) is 6.08 Å². The Morgan fingerprint density at radius 2 is 1.15 bits per heavy atom. The minimum Gasteiger partial charge on any atom is -0.387 e. The molecule has 0 bridgehead atoms. The summed E-state index contributed by atoms with van der Waals surface area (Å²) in [7, 11) is -4.35. The minimum atomic E-state index is -4.35. The highest BCUT2D eigenvalue weighted by molar-refractivity contribution is 7.85. The number of allylic oxidation sites excluding steroid dienone is 7. The Kier molecular flexibility index (Phi) is 25.4. The largest absolute Gasteiger partial charge is 0.387 e. The molecule has 0 saturated heterocycles. The van der Waals surface area contributed by atoms with Gasteiger partial charge in [-0.15, -0.1) is 0 Å². The molecular formula is C32H57NO5S. The molecule has 7 heteroatoms. The molecule has 3 N–H and O–H groups in total. The van der Waals surface area contributed by atoms with E-state index in [1.807, 2.05) is 0 Å². The number of aliphatic hydroxyl groups excluding tert-OH is 1. The molecule has 0 aromatic rings. The highest BCUT2D eigenvalue weighted by Gasteiger charge is 2.24. The fourth-order valence-corrected chi connectivity index (χ4v) is 4.86. The maximum absolute atomic E-state index is 12.4. The fourth-order valence-electron chi connectivity index (χ4n) is 4.13. The summed E-state index contributed by atoms with van der Waals surface area (Å²) in [4.78, 5) is 12.4. The Labute approximate surface area is 239 Å². The number of aliphatic hydroxyl groups is 1. The molecule has 0 aliphatic rings. The lowest BCUT2D eigenvalue weighted by molar-refractivity contribution is -0.122. The van der Waals surface area contributed by atoms with Crippen molar-refractivity contribution in [3.63, 3.8) is 0 Å². The van der Waals surface area contributed by atoms with Crippen LogP contribution < -0.4 is 5.32 Å². The van der Waals surface area contributed by atoms with Gasteiger partial charge in [-0.1, -0.05) is 107 Å². The molecule has 39 heavy (non-hydrogen) atoms. The van der Waals surface area contributed by atoms with Crippen molar-refractivity contribution in [2.24, 2.45) is 0 Å². The summed E-state index contributed by atoms with van der Waals surface area (Å²) in [5.74, 6) is -1.03. The van der Waals surface area contributed by atoms with Gasteiger partial charge in [0, 0.05) is 6.42 Å². The molecule has 0 aromatic heterocycles. The predicted octanol–water partition coefficient (Wildman–Crippen LogP) is 8.01. The van der Waals surface area contributed by atoms with Gasteiger partial charge in [-0.3, -0.25) is 9.35 Å². The summed E-state index contributed by atoms with van der Waals surface area (Å²) in [6.45, 7) is 4.38. The number of amides is 1. The van der Waals surface area contributed by atoms with Crippen LogP contribution in [0.2, 0.25) is 0 Å². The first-order chi connectivity index (χ1) is 18.8. The molecule has 2 unspecified atom stereocenters. The zero-order chi connectivity index (χ0) is 29.0.